The monoisotopic (exact) mass is 793 g/mol. The van der Waals surface area contributed by atoms with Crippen molar-refractivity contribution in [1.29, 1.82) is 0 Å². The number of benzene rings is 4. The van der Waals surface area contributed by atoms with Crippen molar-refractivity contribution in [3.05, 3.63) is 113 Å². The van der Waals surface area contributed by atoms with Gasteiger partial charge in [0, 0.05) is 18.5 Å². The van der Waals surface area contributed by atoms with Gasteiger partial charge in [0.1, 0.15) is 12.1 Å². The van der Waals surface area contributed by atoms with E-state index in [9.17, 15) is 29.4 Å². The number of ether oxygens (including phenoxy) is 2. The molecule has 4 aromatic rings. The number of nitrogens with two attached hydrogens (primary N) is 1. The van der Waals surface area contributed by atoms with E-state index in [4.69, 9.17) is 20.2 Å². The van der Waals surface area contributed by atoms with E-state index in [2.05, 4.69) is 5.32 Å². The number of nitrogens with one attached hydrogen (secondary N) is 1. The molecule has 1 aliphatic heterocycles. The third-order valence-electron chi connectivity index (χ3n) is 9.29. The molecule has 5 N–H and O–H groups in total. The first-order valence-corrected chi connectivity index (χ1v) is 19.1. The van der Waals surface area contributed by atoms with Crippen LogP contribution in [0.15, 0.2) is 107 Å². The predicted molar refractivity (Wildman–Crippen MR) is 221 cm³/mol. The number of amidine groups is 1. The van der Waals surface area contributed by atoms with Crippen molar-refractivity contribution in [2.75, 3.05) is 20.8 Å². The number of aliphatic imine (C=N–C) groups is 1. The summed E-state index contributed by atoms with van der Waals surface area (Å²) in [5.41, 5.74) is 8.87. The Morgan fingerprint density at radius 1 is 0.930 bits per heavy atom. The zero-order valence-electron chi connectivity index (χ0n) is 32.5. The highest BCUT2D eigenvalue weighted by molar-refractivity contribution is 8.18. The lowest BCUT2D eigenvalue weighted by atomic mass is 9.99. The molecule has 0 aliphatic carbocycles. The fourth-order valence-electron chi connectivity index (χ4n) is 6.33. The van der Waals surface area contributed by atoms with Crippen molar-refractivity contribution in [3.8, 4) is 28.4 Å². The van der Waals surface area contributed by atoms with E-state index in [1.165, 1.54) is 36.2 Å². The van der Waals surface area contributed by atoms with Gasteiger partial charge in [-0.05, 0) is 98.0 Å². The van der Waals surface area contributed by atoms with Gasteiger partial charge in [-0.2, -0.15) is 0 Å². The maximum absolute atomic E-state index is 14.5. The van der Waals surface area contributed by atoms with Crippen LogP contribution in [0.4, 0.5) is 10.5 Å². The standard InChI is InChI=1S/C43H47N5O8S/c1-43(2,3)47(42(53)54)22-12-17-33(39(51)46-32(38(44)50)23-27-18-20-30(21-19-27)29-13-8-6-9-14-29)48-40(52)36(57-41(48)45-31-15-10-7-11-16-31)26-28-24-34(55-4)37(49)35(25-28)56-5/h6-11,13-16,18-21,24-26,32-33,49H,12,17,22-23H2,1-5H3,(H2,44,50)(H,46,51)(H,53,54). The van der Waals surface area contributed by atoms with Crippen molar-refractivity contribution >= 4 is 52.5 Å². The molecular formula is C43H47N5O8S. The van der Waals surface area contributed by atoms with Gasteiger partial charge in [-0.15, -0.1) is 0 Å². The average molecular weight is 794 g/mol. The molecule has 14 heteroatoms. The molecule has 1 heterocycles. The Bertz CT molecular complexity index is 2110. The van der Waals surface area contributed by atoms with E-state index < -0.39 is 41.4 Å². The quantitative estimate of drug-likeness (QED) is 0.0939. The van der Waals surface area contributed by atoms with Crippen LogP contribution in [0.25, 0.3) is 17.2 Å². The van der Waals surface area contributed by atoms with Crippen LogP contribution in [0.5, 0.6) is 17.2 Å². The summed E-state index contributed by atoms with van der Waals surface area (Å²) in [7, 11) is 2.78. The van der Waals surface area contributed by atoms with Crippen LogP contribution in [-0.4, -0.2) is 87.4 Å². The number of carbonyl (C=O) groups is 4. The van der Waals surface area contributed by atoms with Gasteiger partial charge in [-0.1, -0.05) is 72.8 Å². The fraction of sp³-hybridized carbons (Fsp3) is 0.279. The maximum atomic E-state index is 14.5. The molecule has 4 aromatic carbocycles. The van der Waals surface area contributed by atoms with Crippen LogP contribution in [0, 0.1) is 0 Å². The second-order valence-corrected chi connectivity index (χ2v) is 15.3. The lowest BCUT2D eigenvalue weighted by Gasteiger charge is -2.34. The number of hydrogen-bond donors (Lipinski definition) is 4. The highest BCUT2D eigenvalue weighted by Gasteiger charge is 2.42. The topological polar surface area (TPSA) is 184 Å². The molecule has 0 spiro atoms. The van der Waals surface area contributed by atoms with E-state index in [-0.39, 0.29) is 53.1 Å². The maximum Gasteiger partial charge on any atom is 0.407 e. The minimum Gasteiger partial charge on any atom is -0.502 e. The Kier molecular flexibility index (Phi) is 13.6. The summed E-state index contributed by atoms with van der Waals surface area (Å²) in [6.07, 6.45) is 0.728. The number of para-hydroxylation sites is 1. The Morgan fingerprint density at radius 3 is 2.05 bits per heavy atom. The molecule has 0 aromatic heterocycles. The van der Waals surface area contributed by atoms with E-state index >= 15 is 0 Å². The van der Waals surface area contributed by atoms with E-state index in [1.54, 1.807) is 51.1 Å². The van der Waals surface area contributed by atoms with Crippen LogP contribution >= 0.6 is 11.8 Å². The molecule has 0 radical (unpaired) electrons. The van der Waals surface area contributed by atoms with Crippen LogP contribution in [0.1, 0.15) is 44.7 Å². The van der Waals surface area contributed by atoms with Crippen LogP contribution < -0.4 is 20.5 Å². The number of aromatic hydroxyl groups is 1. The SMILES string of the molecule is COc1cc(C=C2SC(=Nc3ccccc3)N(C(CCCN(C(=O)O)C(C)(C)C)C(=O)NC(Cc3ccc(-c4ccccc4)cc3)C(N)=O)C2=O)cc(OC)c1O. The molecule has 0 bridgehead atoms. The van der Waals surface area contributed by atoms with Gasteiger partial charge in [0.15, 0.2) is 16.7 Å². The number of nitrogens with zero attached hydrogens (tertiary/aromatic N) is 3. The van der Waals surface area contributed by atoms with Crippen molar-refractivity contribution in [2.24, 2.45) is 10.7 Å². The first-order chi connectivity index (χ1) is 27.2. The largest absolute Gasteiger partial charge is 0.502 e. The van der Waals surface area contributed by atoms with Crippen molar-refractivity contribution in [2.45, 2.75) is 57.7 Å². The van der Waals surface area contributed by atoms with Crippen LogP contribution in [0.2, 0.25) is 0 Å². The normalized spacial score (nSPS) is 15.3. The van der Waals surface area contributed by atoms with Crippen molar-refractivity contribution < 1.29 is 38.9 Å². The van der Waals surface area contributed by atoms with Crippen LogP contribution in [-0.2, 0) is 20.8 Å². The minimum absolute atomic E-state index is 0.0111. The summed E-state index contributed by atoms with van der Waals surface area (Å²) in [4.78, 5) is 61.7. The number of amides is 4. The lowest BCUT2D eigenvalue weighted by molar-refractivity contribution is -0.134. The number of rotatable bonds is 15. The first-order valence-electron chi connectivity index (χ1n) is 18.3. The van der Waals surface area contributed by atoms with E-state index in [0.29, 0.717) is 11.3 Å². The van der Waals surface area contributed by atoms with Gasteiger partial charge >= 0.3 is 6.09 Å². The summed E-state index contributed by atoms with van der Waals surface area (Å²) < 4.78 is 10.6. The molecule has 5 rings (SSSR count). The average Bonchev–Trinajstić information content (AvgIpc) is 3.47. The number of methoxy groups -OCH3 is 2. The molecule has 2 atom stereocenters. The van der Waals surface area contributed by atoms with Gasteiger partial charge in [-0.3, -0.25) is 19.3 Å². The number of phenols is 1. The molecule has 1 saturated heterocycles. The zero-order valence-corrected chi connectivity index (χ0v) is 33.3. The predicted octanol–water partition coefficient (Wildman–Crippen LogP) is 6.82. The number of phenolic OH excluding ortho intramolecular Hbond substituents is 1. The third-order valence-corrected chi connectivity index (χ3v) is 10.3. The highest BCUT2D eigenvalue weighted by Crippen LogP contribution is 2.41. The van der Waals surface area contributed by atoms with Crippen molar-refractivity contribution in [3.63, 3.8) is 0 Å². The van der Waals surface area contributed by atoms with E-state index in [1.807, 2.05) is 60.7 Å². The Balaban J connectivity index is 1.52. The molecule has 2 unspecified atom stereocenters. The van der Waals surface area contributed by atoms with Crippen molar-refractivity contribution in [1.82, 2.24) is 15.1 Å². The van der Waals surface area contributed by atoms with Gasteiger partial charge in [0.25, 0.3) is 5.91 Å². The molecule has 13 nitrogen and oxygen atoms in total. The number of hydrogen-bond acceptors (Lipinski definition) is 9. The highest BCUT2D eigenvalue weighted by atomic mass is 32.2. The number of carbonyl (C=O) groups excluding carboxylic acids is 3. The molecule has 57 heavy (non-hydrogen) atoms. The van der Waals surface area contributed by atoms with Gasteiger partial charge in [0.2, 0.25) is 17.6 Å². The Morgan fingerprint density at radius 2 is 1.51 bits per heavy atom. The third kappa shape index (κ3) is 10.5. The Labute approximate surface area is 336 Å². The number of primary amides is 1. The summed E-state index contributed by atoms with van der Waals surface area (Å²) in [6, 6.07) is 27.0. The fourth-order valence-corrected chi connectivity index (χ4v) is 7.37. The smallest absolute Gasteiger partial charge is 0.407 e. The summed E-state index contributed by atoms with van der Waals surface area (Å²) in [5, 5.41) is 23.5. The van der Waals surface area contributed by atoms with Gasteiger partial charge in [0.05, 0.1) is 24.8 Å². The van der Waals surface area contributed by atoms with Gasteiger partial charge in [-0.25, -0.2) is 9.79 Å². The second kappa shape index (κ2) is 18.6. The minimum atomic E-state index is -1.24. The molecule has 4 amide bonds. The zero-order chi connectivity index (χ0) is 41.3. The Hall–Kier alpha value is -6.28. The van der Waals surface area contributed by atoms with Gasteiger partial charge < -0.3 is 35.6 Å². The summed E-state index contributed by atoms with van der Waals surface area (Å²) in [5.74, 6) is -1.95. The molecule has 0 saturated carbocycles. The van der Waals surface area contributed by atoms with E-state index in [0.717, 1.165) is 28.5 Å². The number of thioether (sulfide) groups is 1. The summed E-state index contributed by atoms with van der Waals surface area (Å²) >= 11 is 1.04. The van der Waals surface area contributed by atoms with Crippen LogP contribution in [0.3, 0.4) is 0 Å². The molecule has 1 aliphatic rings. The summed E-state index contributed by atoms with van der Waals surface area (Å²) in [6.45, 7) is 5.37. The number of carboxylic acid groups (broad SMARTS) is 1. The molecule has 1 fully saturated rings. The molecule has 298 valence electrons. The molecular weight excluding hydrogens is 747 g/mol. The first kappa shape index (κ1) is 41.9. The lowest BCUT2D eigenvalue weighted by Crippen LogP contribution is -2.55. The second-order valence-electron chi connectivity index (χ2n) is 14.3.